The van der Waals surface area contributed by atoms with Crippen molar-refractivity contribution in [2.45, 2.75) is 91.1 Å². The standard InChI is InChI=1S/C23H38O3/c1-14(12-21(25)26)18-6-7-19-17-5-4-15-13-16(24)8-10-22(15,2)20(17)9-11-23(18,19)3/h14-20,24H,4-13H2,1-3H3,(H,25,26)/t14-,15+,16+,17+,18-,19+,20+,22+,23-/m1/s1. The Labute approximate surface area is 158 Å². The molecule has 0 aliphatic heterocycles. The first-order valence-electron chi connectivity index (χ1n) is 11.2. The van der Waals surface area contributed by atoms with Gasteiger partial charge >= 0.3 is 5.97 Å². The van der Waals surface area contributed by atoms with Gasteiger partial charge in [-0.05, 0) is 104 Å². The van der Waals surface area contributed by atoms with Crippen LogP contribution >= 0.6 is 0 Å². The van der Waals surface area contributed by atoms with Gasteiger partial charge in [0.2, 0.25) is 0 Å². The van der Waals surface area contributed by atoms with Crippen LogP contribution in [-0.2, 0) is 4.79 Å². The summed E-state index contributed by atoms with van der Waals surface area (Å²) in [5.41, 5.74) is 0.793. The number of aliphatic carboxylic acids is 1. The van der Waals surface area contributed by atoms with Crippen LogP contribution in [0.4, 0.5) is 0 Å². The van der Waals surface area contributed by atoms with E-state index in [2.05, 4.69) is 20.8 Å². The molecule has 4 saturated carbocycles. The van der Waals surface area contributed by atoms with Crippen molar-refractivity contribution in [3.63, 3.8) is 0 Å². The minimum absolute atomic E-state index is 0.0637. The lowest BCUT2D eigenvalue weighted by Gasteiger charge is -2.61. The molecule has 0 heterocycles. The molecular formula is C23H38O3. The summed E-state index contributed by atoms with van der Waals surface area (Å²) in [7, 11) is 0. The smallest absolute Gasteiger partial charge is 0.303 e. The second-order valence-electron chi connectivity index (χ2n) is 10.9. The molecule has 0 aromatic rings. The minimum atomic E-state index is -0.632. The topological polar surface area (TPSA) is 57.5 Å². The van der Waals surface area contributed by atoms with Crippen molar-refractivity contribution < 1.29 is 15.0 Å². The van der Waals surface area contributed by atoms with Gasteiger partial charge in [0.15, 0.2) is 0 Å². The lowest BCUT2D eigenvalue weighted by molar-refractivity contribution is -0.141. The van der Waals surface area contributed by atoms with Crippen molar-refractivity contribution in [3.05, 3.63) is 0 Å². The summed E-state index contributed by atoms with van der Waals surface area (Å²) in [6, 6.07) is 0. The van der Waals surface area contributed by atoms with Crippen molar-refractivity contribution in [3.8, 4) is 0 Å². The van der Waals surface area contributed by atoms with Gasteiger partial charge in [-0.3, -0.25) is 4.79 Å². The summed E-state index contributed by atoms with van der Waals surface area (Å²) in [4.78, 5) is 11.3. The van der Waals surface area contributed by atoms with E-state index >= 15 is 0 Å². The third-order valence-corrected chi connectivity index (χ3v) is 9.89. The molecule has 0 radical (unpaired) electrons. The SMILES string of the molecule is C[C@H](CC(=O)O)[C@H]1CC[C@H]2[C@@H]3CC[C@H]4C[C@@H](O)CC[C@]4(C)[C@H]3CC[C@]12C. The summed E-state index contributed by atoms with van der Waals surface area (Å²) in [6.45, 7) is 7.23. The molecule has 4 aliphatic rings. The van der Waals surface area contributed by atoms with Gasteiger partial charge < -0.3 is 10.2 Å². The fourth-order valence-corrected chi connectivity index (χ4v) is 8.63. The number of carboxylic acids is 1. The van der Waals surface area contributed by atoms with Crippen molar-refractivity contribution in [1.29, 1.82) is 0 Å². The molecule has 9 atom stereocenters. The monoisotopic (exact) mass is 362 g/mol. The van der Waals surface area contributed by atoms with E-state index in [1.165, 1.54) is 44.9 Å². The minimum Gasteiger partial charge on any atom is -0.481 e. The first-order valence-corrected chi connectivity index (χ1v) is 11.2. The Morgan fingerprint density at radius 2 is 1.69 bits per heavy atom. The molecule has 148 valence electrons. The van der Waals surface area contributed by atoms with Crippen LogP contribution in [0, 0.1) is 46.3 Å². The molecular weight excluding hydrogens is 324 g/mol. The van der Waals surface area contributed by atoms with Gasteiger partial charge in [0, 0.05) is 6.42 Å². The maximum Gasteiger partial charge on any atom is 0.303 e. The number of fused-ring (bicyclic) bond motifs is 5. The first kappa shape index (κ1) is 18.8. The summed E-state index contributed by atoms with van der Waals surface area (Å²) >= 11 is 0. The van der Waals surface area contributed by atoms with Gasteiger partial charge in [0.25, 0.3) is 0 Å². The maximum absolute atomic E-state index is 11.3. The summed E-state index contributed by atoms with van der Waals surface area (Å²) in [5, 5.41) is 19.4. The molecule has 4 rings (SSSR count). The zero-order valence-corrected chi connectivity index (χ0v) is 16.9. The van der Waals surface area contributed by atoms with Crippen LogP contribution < -0.4 is 0 Å². The Kier molecular flexibility index (Phi) is 4.69. The van der Waals surface area contributed by atoms with Crippen LogP contribution in [0.15, 0.2) is 0 Å². The molecule has 0 saturated heterocycles. The van der Waals surface area contributed by atoms with Crippen molar-refractivity contribution in [2.75, 3.05) is 0 Å². The van der Waals surface area contributed by atoms with E-state index in [1.807, 2.05) is 0 Å². The van der Waals surface area contributed by atoms with Crippen molar-refractivity contribution >= 4 is 5.97 Å². The number of carboxylic acid groups (broad SMARTS) is 1. The molecule has 0 amide bonds. The lowest BCUT2D eigenvalue weighted by atomic mass is 9.44. The molecule has 0 spiro atoms. The molecule has 4 fully saturated rings. The lowest BCUT2D eigenvalue weighted by Crippen LogP contribution is -2.54. The number of hydrogen-bond acceptors (Lipinski definition) is 2. The van der Waals surface area contributed by atoms with Gasteiger partial charge in [-0.2, -0.15) is 0 Å². The van der Waals surface area contributed by atoms with Gasteiger partial charge in [-0.25, -0.2) is 0 Å². The largest absolute Gasteiger partial charge is 0.481 e. The predicted octanol–water partition coefficient (Wildman–Crippen LogP) is 5.12. The van der Waals surface area contributed by atoms with Crippen LogP contribution in [-0.4, -0.2) is 22.3 Å². The van der Waals surface area contributed by atoms with Gasteiger partial charge in [0.1, 0.15) is 0 Å². The molecule has 26 heavy (non-hydrogen) atoms. The normalized spacial score (nSPS) is 51.8. The average Bonchev–Trinajstić information content (AvgIpc) is 2.92. The molecule has 4 aliphatic carbocycles. The van der Waals surface area contributed by atoms with Crippen LogP contribution in [0.3, 0.4) is 0 Å². The van der Waals surface area contributed by atoms with E-state index in [9.17, 15) is 15.0 Å². The zero-order chi connectivity index (χ0) is 18.7. The summed E-state index contributed by atoms with van der Waals surface area (Å²) < 4.78 is 0. The third-order valence-electron chi connectivity index (χ3n) is 9.89. The van der Waals surface area contributed by atoms with Gasteiger partial charge in [-0.1, -0.05) is 20.8 Å². The van der Waals surface area contributed by atoms with Gasteiger partial charge in [0.05, 0.1) is 6.10 Å². The quantitative estimate of drug-likeness (QED) is 0.733. The van der Waals surface area contributed by atoms with E-state index in [0.717, 1.165) is 36.5 Å². The Balaban J connectivity index is 1.55. The van der Waals surface area contributed by atoms with Crippen molar-refractivity contribution in [2.24, 2.45) is 46.3 Å². The van der Waals surface area contributed by atoms with E-state index in [1.54, 1.807) is 0 Å². The number of aliphatic hydroxyl groups excluding tert-OH is 1. The fraction of sp³-hybridized carbons (Fsp3) is 0.957. The maximum atomic E-state index is 11.3. The molecule has 0 unspecified atom stereocenters. The number of rotatable bonds is 3. The molecule has 0 bridgehead atoms. The summed E-state index contributed by atoms with van der Waals surface area (Å²) in [6.07, 6.45) is 11.3. The summed E-state index contributed by atoms with van der Waals surface area (Å²) in [5.74, 6) is 3.45. The Bertz CT molecular complexity index is 560. The molecule has 2 N–H and O–H groups in total. The van der Waals surface area contributed by atoms with E-state index in [-0.39, 0.29) is 6.10 Å². The first-order chi connectivity index (χ1) is 12.3. The molecule has 3 nitrogen and oxygen atoms in total. The molecule has 0 aromatic heterocycles. The predicted molar refractivity (Wildman–Crippen MR) is 103 cm³/mol. The number of carbonyl (C=O) groups is 1. The Morgan fingerprint density at radius 1 is 1.00 bits per heavy atom. The highest BCUT2D eigenvalue weighted by atomic mass is 16.4. The fourth-order valence-electron chi connectivity index (χ4n) is 8.63. The van der Waals surface area contributed by atoms with Crippen LogP contribution in [0.25, 0.3) is 0 Å². The Morgan fingerprint density at radius 3 is 2.42 bits per heavy atom. The molecule has 3 heteroatoms. The second-order valence-corrected chi connectivity index (χ2v) is 10.9. The number of aliphatic hydroxyl groups is 1. The van der Waals surface area contributed by atoms with Gasteiger partial charge in [-0.15, -0.1) is 0 Å². The average molecular weight is 363 g/mol. The van der Waals surface area contributed by atoms with E-state index < -0.39 is 5.97 Å². The van der Waals surface area contributed by atoms with Crippen molar-refractivity contribution in [1.82, 2.24) is 0 Å². The Hall–Kier alpha value is -0.570. The zero-order valence-electron chi connectivity index (χ0n) is 16.9. The number of hydrogen-bond donors (Lipinski definition) is 2. The van der Waals surface area contributed by atoms with Crippen LogP contribution in [0.2, 0.25) is 0 Å². The van der Waals surface area contributed by atoms with Crippen LogP contribution in [0.1, 0.15) is 85.0 Å². The second kappa shape index (κ2) is 6.50. The van der Waals surface area contributed by atoms with E-state index in [4.69, 9.17) is 0 Å². The highest BCUT2D eigenvalue weighted by molar-refractivity contribution is 5.67. The van der Waals surface area contributed by atoms with Crippen LogP contribution in [0.5, 0.6) is 0 Å². The highest BCUT2D eigenvalue weighted by Crippen LogP contribution is 2.68. The highest BCUT2D eigenvalue weighted by Gasteiger charge is 2.60. The van der Waals surface area contributed by atoms with E-state index in [0.29, 0.717) is 29.1 Å². The third kappa shape index (κ3) is 2.75. The molecule has 0 aromatic carbocycles.